The Morgan fingerprint density at radius 3 is 2.39 bits per heavy atom. The van der Waals surface area contributed by atoms with E-state index in [0.29, 0.717) is 6.54 Å². The lowest BCUT2D eigenvalue weighted by atomic mass is 10.1. The molecule has 0 bridgehead atoms. The molecule has 0 aliphatic rings. The molecule has 1 rings (SSSR count). The largest absolute Gasteiger partial charge is 0.353 e. The predicted molar refractivity (Wildman–Crippen MR) is 76.6 cm³/mol. The Bertz CT molecular complexity index is 474. The number of nitrogens with one attached hydrogen (secondary N) is 1. The van der Waals surface area contributed by atoms with Crippen molar-refractivity contribution in [1.29, 1.82) is 0 Å². The first-order valence-electron chi connectivity index (χ1n) is 5.43. The molecule has 5 nitrogen and oxygen atoms in total. The van der Waals surface area contributed by atoms with E-state index in [4.69, 9.17) is 5.73 Å². The standard InChI is InChI=1S/C11H19N3O2S.ClH/c1-7-8(2)17-10(16)14(7)5-9(15)13-6-11(3,4)12;/h5-6,12H2,1-4H3,(H,13,15);1H. The van der Waals surface area contributed by atoms with Gasteiger partial charge in [-0.05, 0) is 27.7 Å². The van der Waals surface area contributed by atoms with E-state index in [1.54, 1.807) is 0 Å². The van der Waals surface area contributed by atoms with Crippen LogP contribution < -0.4 is 15.9 Å². The van der Waals surface area contributed by atoms with Crippen LogP contribution >= 0.6 is 23.7 Å². The van der Waals surface area contributed by atoms with E-state index in [1.165, 1.54) is 4.57 Å². The van der Waals surface area contributed by atoms with Crippen molar-refractivity contribution in [2.45, 2.75) is 39.8 Å². The molecule has 0 atom stereocenters. The molecule has 0 unspecified atom stereocenters. The third kappa shape index (κ3) is 4.80. The van der Waals surface area contributed by atoms with Crippen molar-refractivity contribution in [1.82, 2.24) is 9.88 Å². The van der Waals surface area contributed by atoms with Crippen molar-refractivity contribution in [3.63, 3.8) is 0 Å². The second kappa shape index (κ2) is 6.36. The molecule has 0 aliphatic heterocycles. The van der Waals surface area contributed by atoms with Gasteiger partial charge in [0.1, 0.15) is 6.54 Å². The number of amides is 1. The number of hydrogen-bond donors (Lipinski definition) is 2. The fourth-order valence-corrected chi connectivity index (χ4v) is 2.13. The first kappa shape index (κ1) is 17.2. The molecule has 7 heteroatoms. The normalized spacial score (nSPS) is 10.9. The van der Waals surface area contributed by atoms with Crippen LogP contribution in [0.3, 0.4) is 0 Å². The Balaban J connectivity index is 0.00000289. The van der Waals surface area contributed by atoms with E-state index in [0.717, 1.165) is 21.9 Å². The fraction of sp³-hybridized carbons (Fsp3) is 0.636. The Kier molecular flexibility index (Phi) is 6.06. The van der Waals surface area contributed by atoms with E-state index in [1.807, 2.05) is 27.7 Å². The number of thiazole rings is 1. The Morgan fingerprint density at radius 2 is 2.00 bits per heavy atom. The van der Waals surface area contributed by atoms with Crippen LogP contribution in [0, 0.1) is 13.8 Å². The van der Waals surface area contributed by atoms with Gasteiger partial charge in [0.25, 0.3) is 0 Å². The van der Waals surface area contributed by atoms with Crippen molar-refractivity contribution in [2.24, 2.45) is 5.73 Å². The van der Waals surface area contributed by atoms with E-state index < -0.39 is 5.54 Å². The maximum atomic E-state index is 11.7. The molecule has 0 aliphatic carbocycles. The molecule has 0 saturated heterocycles. The highest BCUT2D eigenvalue weighted by atomic mass is 35.5. The minimum Gasteiger partial charge on any atom is -0.353 e. The summed E-state index contributed by atoms with van der Waals surface area (Å²) in [6, 6.07) is 0. The van der Waals surface area contributed by atoms with Gasteiger partial charge in [0.15, 0.2) is 0 Å². The highest BCUT2D eigenvalue weighted by Gasteiger charge is 2.14. The zero-order chi connectivity index (χ0) is 13.2. The minimum atomic E-state index is -0.444. The molecule has 1 aromatic heterocycles. The van der Waals surface area contributed by atoms with Crippen LogP contribution in [-0.2, 0) is 11.3 Å². The smallest absolute Gasteiger partial charge is 0.308 e. The number of carbonyl (C=O) groups excluding carboxylic acids is 1. The summed E-state index contributed by atoms with van der Waals surface area (Å²) in [7, 11) is 0. The van der Waals surface area contributed by atoms with Crippen molar-refractivity contribution >= 4 is 29.7 Å². The summed E-state index contributed by atoms with van der Waals surface area (Å²) in [5, 5.41) is 2.72. The molecule has 1 heterocycles. The lowest BCUT2D eigenvalue weighted by molar-refractivity contribution is -0.121. The van der Waals surface area contributed by atoms with Gasteiger partial charge in [-0.25, -0.2) is 0 Å². The number of rotatable bonds is 4. The molecule has 18 heavy (non-hydrogen) atoms. The highest BCUT2D eigenvalue weighted by molar-refractivity contribution is 7.09. The van der Waals surface area contributed by atoms with E-state index in [-0.39, 0.29) is 29.7 Å². The van der Waals surface area contributed by atoms with Crippen molar-refractivity contribution in [3.8, 4) is 0 Å². The summed E-state index contributed by atoms with van der Waals surface area (Å²) in [6.07, 6.45) is 0. The maximum absolute atomic E-state index is 11.7. The first-order valence-corrected chi connectivity index (χ1v) is 6.25. The van der Waals surface area contributed by atoms with Gasteiger partial charge >= 0.3 is 4.87 Å². The summed E-state index contributed by atoms with van der Waals surface area (Å²) in [4.78, 5) is 24.1. The van der Waals surface area contributed by atoms with Crippen LogP contribution in [0.15, 0.2) is 4.79 Å². The highest BCUT2D eigenvalue weighted by Crippen LogP contribution is 2.08. The zero-order valence-corrected chi connectivity index (χ0v) is 12.7. The van der Waals surface area contributed by atoms with Crippen LogP contribution in [0.2, 0.25) is 0 Å². The van der Waals surface area contributed by atoms with Crippen molar-refractivity contribution in [3.05, 3.63) is 20.2 Å². The maximum Gasteiger partial charge on any atom is 0.308 e. The van der Waals surface area contributed by atoms with Gasteiger partial charge in [0.2, 0.25) is 5.91 Å². The van der Waals surface area contributed by atoms with Gasteiger partial charge in [-0.2, -0.15) is 0 Å². The number of carbonyl (C=O) groups is 1. The SMILES string of the molecule is Cc1sc(=O)n(CC(=O)NCC(C)(C)N)c1C.Cl. The lowest BCUT2D eigenvalue weighted by Gasteiger charge is -2.19. The summed E-state index contributed by atoms with van der Waals surface area (Å²) >= 11 is 1.16. The average molecular weight is 294 g/mol. The van der Waals surface area contributed by atoms with Gasteiger partial charge in [-0.3, -0.25) is 14.2 Å². The van der Waals surface area contributed by atoms with Gasteiger partial charge < -0.3 is 11.1 Å². The van der Waals surface area contributed by atoms with E-state index in [2.05, 4.69) is 5.32 Å². The van der Waals surface area contributed by atoms with Crippen LogP contribution in [0.1, 0.15) is 24.4 Å². The number of aryl methyl sites for hydroxylation is 1. The second-order valence-corrected chi connectivity index (χ2v) is 6.03. The molecule has 0 saturated carbocycles. The minimum absolute atomic E-state index is 0. The van der Waals surface area contributed by atoms with Crippen molar-refractivity contribution in [2.75, 3.05) is 6.54 Å². The van der Waals surface area contributed by atoms with E-state index >= 15 is 0 Å². The lowest BCUT2D eigenvalue weighted by Crippen LogP contribution is -2.46. The fourth-order valence-electron chi connectivity index (χ4n) is 1.30. The van der Waals surface area contributed by atoms with Crippen LogP contribution in [0.5, 0.6) is 0 Å². The van der Waals surface area contributed by atoms with Gasteiger partial charge in [0.05, 0.1) is 0 Å². The summed E-state index contributed by atoms with van der Waals surface area (Å²) < 4.78 is 1.48. The Hall–Kier alpha value is -0.850. The van der Waals surface area contributed by atoms with Crippen LogP contribution in [0.25, 0.3) is 0 Å². The van der Waals surface area contributed by atoms with Crippen LogP contribution in [-0.4, -0.2) is 22.6 Å². The van der Waals surface area contributed by atoms with Gasteiger partial charge in [0, 0.05) is 22.7 Å². The summed E-state index contributed by atoms with van der Waals surface area (Å²) in [6.45, 7) is 7.83. The number of nitrogens with zero attached hydrogens (tertiary/aromatic N) is 1. The molecule has 0 fully saturated rings. The van der Waals surface area contributed by atoms with Crippen LogP contribution in [0.4, 0.5) is 0 Å². The average Bonchev–Trinajstić information content (AvgIpc) is 2.41. The van der Waals surface area contributed by atoms with Crippen molar-refractivity contribution < 1.29 is 4.79 Å². The van der Waals surface area contributed by atoms with E-state index in [9.17, 15) is 9.59 Å². The number of aromatic nitrogens is 1. The molecular weight excluding hydrogens is 274 g/mol. The molecular formula is C11H20ClN3O2S. The molecule has 104 valence electrons. The zero-order valence-electron chi connectivity index (χ0n) is 11.1. The molecule has 1 aromatic rings. The topological polar surface area (TPSA) is 77.1 Å². The number of hydrogen-bond acceptors (Lipinski definition) is 4. The molecule has 1 amide bonds. The number of halogens is 1. The molecule has 0 spiro atoms. The number of nitrogens with two attached hydrogens (primary N) is 1. The molecule has 0 radical (unpaired) electrons. The quantitative estimate of drug-likeness (QED) is 0.862. The summed E-state index contributed by atoms with van der Waals surface area (Å²) in [5.41, 5.74) is 6.16. The third-order valence-corrected chi connectivity index (χ3v) is 3.41. The second-order valence-electron chi connectivity index (χ2n) is 4.86. The van der Waals surface area contributed by atoms with Gasteiger partial charge in [-0.1, -0.05) is 11.3 Å². The molecule has 3 N–H and O–H groups in total. The monoisotopic (exact) mass is 293 g/mol. The first-order chi connectivity index (χ1) is 7.70. The Morgan fingerprint density at radius 1 is 1.44 bits per heavy atom. The van der Waals surface area contributed by atoms with Gasteiger partial charge in [-0.15, -0.1) is 12.4 Å². The Labute approximate surface area is 117 Å². The predicted octanol–water partition coefficient (Wildman–Crippen LogP) is 0.802. The third-order valence-electron chi connectivity index (χ3n) is 2.42. The summed E-state index contributed by atoms with van der Waals surface area (Å²) in [5.74, 6) is -0.188. The molecule has 0 aromatic carbocycles.